The molecule has 1 aromatic carbocycles. The lowest BCUT2D eigenvalue weighted by atomic mass is 10.1. The first-order chi connectivity index (χ1) is 10.1. The number of benzene rings is 1. The molecule has 22 heavy (non-hydrogen) atoms. The summed E-state index contributed by atoms with van der Waals surface area (Å²) in [6.07, 6.45) is -12.0. The van der Waals surface area contributed by atoms with Crippen molar-refractivity contribution in [2.45, 2.75) is 18.5 Å². The number of alkyl halides is 6. The van der Waals surface area contributed by atoms with E-state index in [0.29, 0.717) is 18.7 Å². The van der Waals surface area contributed by atoms with E-state index >= 15 is 0 Å². The van der Waals surface area contributed by atoms with Gasteiger partial charge in [0.05, 0.1) is 12.2 Å². The third kappa shape index (κ3) is 4.10. The van der Waals surface area contributed by atoms with Gasteiger partial charge < -0.3 is 9.05 Å². The molecule has 124 valence electrons. The molecule has 1 aromatic rings. The van der Waals surface area contributed by atoms with Crippen molar-refractivity contribution in [1.82, 2.24) is 4.67 Å². The Morgan fingerprint density at radius 1 is 1.23 bits per heavy atom. The van der Waals surface area contributed by atoms with Crippen molar-refractivity contribution in [2.75, 3.05) is 20.2 Å². The molecule has 10 heteroatoms. The van der Waals surface area contributed by atoms with Crippen molar-refractivity contribution in [3.63, 3.8) is 0 Å². The van der Waals surface area contributed by atoms with E-state index in [9.17, 15) is 26.3 Å². The van der Waals surface area contributed by atoms with Crippen LogP contribution in [-0.2, 0) is 15.2 Å². The standard InChI is InChI=1S/C12H12F6NO2P/c1-19-5-6-20-22(19)21-10(12(16,17)18)8-3-2-4-9(7-8)11(13,14)15/h2-4,7,10H,5-6H2,1H3. The first-order valence-electron chi connectivity index (χ1n) is 6.14. The van der Waals surface area contributed by atoms with E-state index in [4.69, 9.17) is 9.05 Å². The van der Waals surface area contributed by atoms with Gasteiger partial charge in [-0.1, -0.05) is 12.1 Å². The fourth-order valence-corrected chi connectivity index (χ4v) is 3.14. The Labute approximate surface area is 123 Å². The zero-order chi connectivity index (χ0) is 16.5. The van der Waals surface area contributed by atoms with Crippen molar-refractivity contribution in [3.8, 4) is 0 Å². The number of nitrogens with zero attached hydrogens (tertiary/aromatic N) is 1. The molecule has 0 saturated carbocycles. The van der Waals surface area contributed by atoms with E-state index < -0.39 is 38.1 Å². The Kier molecular flexibility index (Phi) is 5.01. The molecule has 0 spiro atoms. The number of likely N-dealkylation sites (N-methyl/N-ethyl adjacent to an activating group) is 1. The minimum atomic E-state index is -4.85. The second-order valence-corrected chi connectivity index (χ2v) is 6.23. The SMILES string of the molecule is CN1CCOP1OC(c1cccc(C(F)(F)F)c1)C(F)(F)F. The molecule has 2 unspecified atom stereocenters. The van der Waals surface area contributed by atoms with Gasteiger partial charge in [0.1, 0.15) is 0 Å². The summed E-state index contributed by atoms with van der Waals surface area (Å²) in [4.78, 5) is 0. The molecular formula is C12H12F6NO2P. The third-order valence-corrected chi connectivity index (χ3v) is 4.46. The quantitative estimate of drug-likeness (QED) is 0.593. The predicted octanol–water partition coefficient (Wildman–Crippen LogP) is 4.51. The van der Waals surface area contributed by atoms with E-state index in [1.165, 1.54) is 11.7 Å². The zero-order valence-corrected chi connectivity index (χ0v) is 12.2. The summed E-state index contributed by atoms with van der Waals surface area (Å²) < 4.78 is 88.8. The highest BCUT2D eigenvalue weighted by Gasteiger charge is 2.46. The summed E-state index contributed by atoms with van der Waals surface area (Å²) >= 11 is 0. The monoisotopic (exact) mass is 347 g/mol. The third-order valence-electron chi connectivity index (χ3n) is 2.90. The minimum Gasteiger partial charge on any atom is -0.321 e. The smallest absolute Gasteiger partial charge is 0.321 e. The van der Waals surface area contributed by atoms with Crippen LogP contribution in [0.4, 0.5) is 26.3 Å². The molecule has 0 aromatic heterocycles. The Hall–Kier alpha value is -0.890. The molecule has 1 heterocycles. The topological polar surface area (TPSA) is 21.7 Å². The summed E-state index contributed by atoms with van der Waals surface area (Å²) in [5, 5.41) is 0. The van der Waals surface area contributed by atoms with Crippen molar-refractivity contribution >= 4 is 8.53 Å². The molecule has 1 fully saturated rings. The van der Waals surface area contributed by atoms with E-state index in [-0.39, 0.29) is 6.61 Å². The molecule has 2 rings (SSSR count). The van der Waals surface area contributed by atoms with Gasteiger partial charge in [0.15, 0.2) is 6.10 Å². The fourth-order valence-electron chi connectivity index (χ4n) is 1.82. The number of hydrogen-bond donors (Lipinski definition) is 0. The molecule has 0 amide bonds. The average molecular weight is 347 g/mol. The largest absolute Gasteiger partial charge is 0.419 e. The average Bonchev–Trinajstić information content (AvgIpc) is 2.79. The fraction of sp³-hybridized carbons (Fsp3) is 0.500. The molecule has 1 aliphatic heterocycles. The van der Waals surface area contributed by atoms with Gasteiger partial charge in [-0.25, -0.2) is 4.67 Å². The van der Waals surface area contributed by atoms with Gasteiger partial charge in [0, 0.05) is 6.54 Å². The van der Waals surface area contributed by atoms with Crippen LogP contribution >= 0.6 is 8.53 Å². The Balaban J connectivity index is 2.30. The van der Waals surface area contributed by atoms with E-state index in [0.717, 1.165) is 12.1 Å². The van der Waals surface area contributed by atoms with Crippen LogP contribution in [0, 0.1) is 0 Å². The zero-order valence-electron chi connectivity index (χ0n) is 11.3. The summed E-state index contributed by atoms with van der Waals surface area (Å²) in [5.74, 6) is 0. The predicted molar refractivity (Wildman–Crippen MR) is 66.8 cm³/mol. The van der Waals surface area contributed by atoms with Crippen LogP contribution in [0.15, 0.2) is 24.3 Å². The van der Waals surface area contributed by atoms with E-state index in [1.807, 2.05) is 0 Å². The van der Waals surface area contributed by atoms with Gasteiger partial charge in [-0.05, 0) is 24.7 Å². The first kappa shape index (κ1) is 17.5. The van der Waals surface area contributed by atoms with Crippen molar-refractivity contribution in [1.29, 1.82) is 0 Å². The summed E-state index contributed by atoms with van der Waals surface area (Å²) in [5.41, 5.74) is -1.76. The van der Waals surface area contributed by atoms with Crippen molar-refractivity contribution in [2.24, 2.45) is 0 Å². The Morgan fingerprint density at radius 3 is 2.41 bits per heavy atom. The van der Waals surface area contributed by atoms with E-state index in [1.54, 1.807) is 0 Å². The molecule has 1 aliphatic rings. The van der Waals surface area contributed by atoms with Crippen LogP contribution in [0.25, 0.3) is 0 Å². The van der Waals surface area contributed by atoms with Crippen molar-refractivity contribution in [3.05, 3.63) is 35.4 Å². The molecule has 1 saturated heterocycles. The maximum atomic E-state index is 13.1. The number of rotatable bonds is 3. The van der Waals surface area contributed by atoms with Crippen LogP contribution in [-0.4, -0.2) is 31.0 Å². The van der Waals surface area contributed by atoms with Gasteiger partial charge in [-0.15, -0.1) is 0 Å². The normalized spacial score (nSPS) is 22.0. The highest BCUT2D eigenvalue weighted by Crippen LogP contribution is 2.53. The second kappa shape index (κ2) is 6.31. The van der Waals surface area contributed by atoms with E-state index in [2.05, 4.69) is 0 Å². The molecule has 0 aliphatic carbocycles. The first-order valence-corrected chi connectivity index (χ1v) is 7.27. The summed E-state index contributed by atoms with van der Waals surface area (Å²) in [6.45, 7) is 0.619. The highest BCUT2D eigenvalue weighted by atomic mass is 31.2. The van der Waals surface area contributed by atoms with Gasteiger partial charge in [0.25, 0.3) is 8.53 Å². The Morgan fingerprint density at radius 2 is 1.91 bits per heavy atom. The molecule has 0 bridgehead atoms. The maximum absolute atomic E-state index is 13.1. The van der Waals surface area contributed by atoms with Crippen LogP contribution in [0.5, 0.6) is 0 Å². The lowest BCUT2D eigenvalue weighted by Crippen LogP contribution is -2.24. The lowest BCUT2D eigenvalue weighted by Gasteiger charge is -2.26. The number of hydrogen-bond acceptors (Lipinski definition) is 3. The highest BCUT2D eigenvalue weighted by molar-refractivity contribution is 7.44. The van der Waals surface area contributed by atoms with Gasteiger partial charge >= 0.3 is 12.4 Å². The maximum Gasteiger partial charge on any atom is 0.419 e. The molecule has 3 nitrogen and oxygen atoms in total. The second-order valence-electron chi connectivity index (χ2n) is 4.60. The Bertz CT molecular complexity index is 521. The minimum absolute atomic E-state index is 0.218. The van der Waals surface area contributed by atoms with Gasteiger partial charge in [-0.3, -0.25) is 0 Å². The summed E-state index contributed by atoms with van der Waals surface area (Å²) in [7, 11) is -0.413. The lowest BCUT2D eigenvalue weighted by molar-refractivity contribution is -0.199. The summed E-state index contributed by atoms with van der Waals surface area (Å²) in [6, 6.07) is 3.04. The van der Waals surface area contributed by atoms with Gasteiger partial charge in [-0.2, -0.15) is 26.3 Å². The molecule has 0 radical (unpaired) electrons. The van der Waals surface area contributed by atoms with Crippen LogP contribution in [0.1, 0.15) is 17.2 Å². The van der Waals surface area contributed by atoms with Crippen LogP contribution in [0.3, 0.4) is 0 Å². The molecule has 0 N–H and O–H groups in total. The number of halogens is 6. The molecular weight excluding hydrogens is 335 g/mol. The molecule has 2 atom stereocenters. The van der Waals surface area contributed by atoms with Crippen molar-refractivity contribution < 1.29 is 35.4 Å². The van der Waals surface area contributed by atoms with Crippen LogP contribution < -0.4 is 0 Å². The van der Waals surface area contributed by atoms with Gasteiger partial charge in [0.2, 0.25) is 0 Å². The van der Waals surface area contributed by atoms with Crippen LogP contribution in [0.2, 0.25) is 0 Å².